The first kappa shape index (κ1) is 24.2. The average molecular weight is 490 g/mol. The number of hydrogen-bond acceptors (Lipinski definition) is 3. The average Bonchev–Trinajstić information content (AvgIpc) is 2.84. The highest BCUT2D eigenvalue weighted by Crippen LogP contribution is 2.17. The van der Waals surface area contributed by atoms with Gasteiger partial charge in [-0.05, 0) is 50.8 Å². The predicted molar refractivity (Wildman–Crippen MR) is 125 cm³/mol. The predicted octanol–water partition coefficient (Wildman–Crippen LogP) is 3.04. The van der Waals surface area contributed by atoms with Crippen molar-refractivity contribution in [3.63, 3.8) is 0 Å². The summed E-state index contributed by atoms with van der Waals surface area (Å²) in [6.45, 7) is 11.8. The van der Waals surface area contributed by atoms with Crippen LogP contribution in [0, 0.1) is 5.92 Å². The van der Waals surface area contributed by atoms with E-state index in [9.17, 15) is 0 Å². The molecule has 0 radical (unpaired) electrons. The molecule has 1 aromatic rings. The monoisotopic (exact) mass is 490 g/mol. The molecule has 0 saturated carbocycles. The molecule has 1 aromatic heterocycles. The smallest absolute Gasteiger partial charge is 0.191 e. The van der Waals surface area contributed by atoms with Crippen molar-refractivity contribution in [2.75, 3.05) is 32.7 Å². The number of halogens is 1. The van der Waals surface area contributed by atoms with Gasteiger partial charge in [0.05, 0.1) is 12.7 Å². The molecule has 0 bridgehead atoms. The maximum Gasteiger partial charge on any atom is 0.191 e. The second kappa shape index (κ2) is 13.4. The molecule has 7 heteroatoms. The zero-order valence-electron chi connectivity index (χ0n) is 17.6. The quantitative estimate of drug-likeness (QED) is 0.334. The van der Waals surface area contributed by atoms with E-state index in [1.165, 1.54) is 44.3 Å². The molecule has 156 valence electrons. The van der Waals surface area contributed by atoms with Crippen molar-refractivity contribution in [1.29, 1.82) is 0 Å². The maximum absolute atomic E-state index is 4.91. The Kier molecular flexibility index (Phi) is 12.0. The van der Waals surface area contributed by atoms with E-state index in [0.717, 1.165) is 32.0 Å². The molecule has 0 aliphatic carbocycles. The summed E-state index contributed by atoms with van der Waals surface area (Å²) in [6.07, 6.45) is 10.4. The lowest BCUT2D eigenvalue weighted by Crippen LogP contribution is -2.44. The van der Waals surface area contributed by atoms with Gasteiger partial charge in [0, 0.05) is 32.4 Å². The number of rotatable bonds is 8. The number of hydrogen-bond donors (Lipinski definition) is 2. The summed E-state index contributed by atoms with van der Waals surface area (Å²) < 4.78 is 1.85. The summed E-state index contributed by atoms with van der Waals surface area (Å²) in [7, 11) is 1.96. The Bertz CT molecular complexity index is 534. The topological polar surface area (TPSA) is 57.5 Å². The van der Waals surface area contributed by atoms with E-state index in [1.807, 2.05) is 17.9 Å². The Balaban J connectivity index is 0.00000364. The van der Waals surface area contributed by atoms with Crippen LogP contribution in [-0.2, 0) is 13.5 Å². The molecule has 1 unspecified atom stereocenters. The van der Waals surface area contributed by atoms with E-state index >= 15 is 0 Å². The molecule has 0 amide bonds. The van der Waals surface area contributed by atoms with E-state index in [1.54, 1.807) is 0 Å². The van der Waals surface area contributed by atoms with Gasteiger partial charge in [-0.1, -0.05) is 26.7 Å². The van der Waals surface area contributed by atoms with Crippen LogP contribution in [0.5, 0.6) is 0 Å². The van der Waals surface area contributed by atoms with E-state index in [-0.39, 0.29) is 24.0 Å². The van der Waals surface area contributed by atoms with Crippen molar-refractivity contribution in [2.45, 2.75) is 58.9 Å². The van der Waals surface area contributed by atoms with Gasteiger partial charge in [-0.2, -0.15) is 5.10 Å². The highest BCUT2D eigenvalue weighted by Gasteiger charge is 2.22. The first-order valence-corrected chi connectivity index (χ1v) is 10.3. The van der Waals surface area contributed by atoms with Crippen LogP contribution in [-0.4, -0.2) is 59.4 Å². The van der Waals surface area contributed by atoms with Gasteiger partial charge in [0.2, 0.25) is 0 Å². The molecule has 2 heterocycles. The highest BCUT2D eigenvalue weighted by atomic mass is 127. The zero-order chi connectivity index (χ0) is 18.8. The molecular formula is C20H39IN6. The summed E-state index contributed by atoms with van der Waals surface area (Å²) in [6, 6.07) is 0.530. The van der Waals surface area contributed by atoms with Gasteiger partial charge in [0.25, 0.3) is 0 Å². The fourth-order valence-corrected chi connectivity index (χ4v) is 3.63. The van der Waals surface area contributed by atoms with Crippen LogP contribution in [0.2, 0.25) is 0 Å². The third-order valence-electron chi connectivity index (χ3n) is 5.12. The summed E-state index contributed by atoms with van der Waals surface area (Å²) in [5, 5.41) is 11.1. The molecule has 2 N–H and O–H groups in total. The first-order chi connectivity index (χ1) is 12.6. The summed E-state index contributed by atoms with van der Waals surface area (Å²) in [5.41, 5.74) is 1.25. The molecule has 1 atom stereocenters. The van der Waals surface area contributed by atoms with Gasteiger partial charge in [-0.15, -0.1) is 24.0 Å². The Hall–Kier alpha value is -0.830. The lowest BCUT2D eigenvalue weighted by molar-refractivity contribution is 0.166. The molecule has 6 nitrogen and oxygen atoms in total. The Morgan fingerprint density at radius 3 is 2.44 bits per heavy atom. The number of guanidine groups is 1. The normalized spacial score (nSPS) is 17.3. The molecule has 2 rings (SSSR count). The van der Waals surface area contributed by atoms with Crippen LogP contribution >= 0.6 is 24.0 Å². The highest BCUT2D eigenvalue weighted by molar-refractivity contribution is 14.0. The molecule has 1 aliphatic heterocycles. The van der Waals surface area contributed by atoms with Crippen molar-refractivity contribution in [3.05, 3.63) is 18.0 Å². The molecule has 0 spiro atoms. The van der Waals surface area contributed by atoms with Crippen molar-refractivity contribution in [1.82, 2.24) is 25.3 Å². The second-order valence-electron chi connectivity index (χ2n) is 7.68. The van der Waals surface area contributed by atoms with Crippen LogP contribution in [0.4, 0.5) is 0 Å². The van der Waals surface area contributed by atoms with Crippen molar-refractivity contribution in [2.24, 2.45) is 18.0 Å². The van der Waals surface area contributed by atoms with Crippen molar-refractivity contribution < 1.29 is 0 Å². The van der Waals surface area contributed by atoms with Crippen molar-refractivity contribution >= 4 is 29.9 Å². The number of nitrogens with zero attached hydrogens (tertiary/aromatic N) is 4. The number of aliphatic imine (C=N–C) groups is 1. The number of aromatic nitrogens is 2. The fourth-order valence-electron chi connectivity index (χ4n) is 3.63. The maximum atomic E-state index is 4.91. The van der Waals surface area contributed by atoms with Gasteiger partial charge in [-0.25, -0.2) is 0 Å². The largest absolute Gasteiger partial charge is 0.357 e. The minimum Gasteiger partial charge on any atom is -0.357 e. The van der Waals surface area contributed by atoms with E-state index in [4.69, 9.17) is 4.99 Å². The third kappa shape index (κ3) is 8.81. The minimum atomic E-state index is 0. The van der Waals surface area contributed by atoms with Crippen LogP contribution < -0.4 is 10.6 Å². The number of aryl methyl sites for hydroxylation is 1. The van der Waals surface area contributed by atoms with E-state index < -0.39 is 0 Å². The van der Waals surface area contributed by atoms with Gasteiger partial charge in [-0.3, -0.25) is 14.6 Å². The summed E-state index contributed by atoms with van der Waals surface area (Å²) >= 11 is 0. The van der Waals surface area contributed by atoms with Gasteiger partial charge < -0.3 is 10.6 Å². The van der Waals surface area contributed by atoms with E-state index in [0.29, 0.717) is 12.0 Å². The molecule has 1 fully saturated rings. The standard InChI is InChI=1S/C20H38N6.HI/c1-5-21-20(22-11-10-18-14-24-25(4)16-18)23-15-19(17(2)3)26-12-8-6-7-9-13-26;/h14,16-17,19H,5-13,15H2,1-4H3,(H2,21,22,23);1H. The first-order valence-electron chi connectivity index (χ1n) is 10.3. The fraction of sp³-hybridized carbons (Fsp3) is 0.800. The van der Waals surface area contributed by atoms with Gasteiger partial charge in [0.1, 0.15) is 0 Å². The molecular weight excluding hydrogens is 451 g/mol. The van der Waals surface area contributed by atoms with E-state index in [2.05, 4.69) is 47.6 Å². The minimum absolute atomic E-state index is 0. The SMILES string of the molecule is CCNC(=NCC(C(C)C)N1CCCCCC1)NCCc1cnn(C)c1.I. The molecule has 1 saturated heterocycles. The number of likely N-dealkylation sites (tertiary alicyclic amines) is 1. The van der Waals surface area contributed by atoms with Gasteiger partial charge in [0.15, 0.2) is 5.96 Å². The molecule has 27 heavy (non-hydrogen) atoms. The second-order valence-corrected chi connectivity index (χ2v) is 7.68. The number of nitrogens with one attached hydrogen (secondary N) is 2. The molecule has 1 aliphatic rings. The Morgan fingerprint density at radius 1 is 1.19 bits per heavy atom. The van der Waals surface area contributed by atoms with Crippen LogP contribution in [0.15, 0.2) is 17.4 Å². The Morgan fingerprint density at radius 2 is 1.89 bits per heavy atom. The lowest BCUT2D eigenvalue weighted by Gasteiger charge is -2.32. The van der Waals surface area contributed by atoms with Gasteiger partial charge >= 0.3 is 0 Å². The van der Waals surface area contributed by atoms with Crippen LogP contribution in [0.25, 0.3) is 0 Å². The third-order valence-corrected chi connectivity index (χ3v) is 5.12. The molecule has 0 aromatic carbocycles. The van der Waals surface area contributed by atoms with Crippen LogP contribution in [0.1, 0.15) is 52.0 Å². The van der Waals surface area contributed by atoms with Crippen LogP contribution in [0.3, 0.4) is 0 Å². The Labute approximate surface area is 182 Å². The van der Waals surface area contributed by atoms with Crippen molar-refractivity contribution in [3.8, 4) is 0 Å². The lowest BCUT2D eigenvalue weighted by atomic mass is 10.0. The zero-order valence-corrected chi connectivity index (χ0v) is 19.9. The summed E-state index contributed by atoms with van der Waals surface area (Å²) in [5.74, 6) is 1.55. The summed E-state index contributed by atoms with van der Waals surface area (Å²) in [4.78, 5) is 7.58.